The maximum absolute atomic E-state index is 12.6. The SMILES string of the molecule is O=S(=O)(c1ccc(NC(=S)NC2CCCC2)cc1)N1CCCCC1. The number of sulfonamides is 1. The first-order valence-electron chi connectivity index (χ1n) is 8.73. The summed E-state index contributed by atoms with van der Waals surface area (Å²) in [7, 11) is -3.37. The molecule has 0 unspecified atom stereocenters. The highest BCUT2D eigenvalue weighted by atomic mass is 32.2. The number of benzene rings is 1. The van der Waals surface area contributed by atoms with E-state index in [2.05, 4.69) is 10.6 Å². The van der Waals surface area contributed by atoms with Gasteiger partial charge in [0.25, 0.3) is 0 Å². The van der Waals surface area contributed by atoms with Crippen molar-refractivity contribution in [2.75, 3.05) is 18.4 Å². The normalized spacial score (nSPS) is 20.0. The molecule has 0 atom stereocenters. The first-order valence-corrected chi connectivity index (χ1v) is 10.6. The highest BCUT2D eigenvalue weighted by Crippen LogP contribution is 2.22. The molecule has 7 heteroatoms. The predicted molar refractivity (Wildman–Crippen MR) is 101 cm³/mol. The highest BCUT2D eigenvalue weighted by Gasteiger charge is 2.25. The van der Waals surface area contributed by atoms with Gasteiger partial charge in [0.1, 0.15) is 0 Å². The summed E-state index contributed by atoms with van der Waals surface area (Å²) in [5.41, 5.74) is 0.808. The van der Waals surface area contributed by atoms with Gasteiger partial charge in [-0.15, -0.1) is 0 Å². The fourth-order valence-electron chi connectivity index (χ4n) is 3.39. The Balaban J connectivity index is 1.61. The summed E-state index contributed by atoms with van der Waals surface area (Å²) < 4.78 is 26.8. The predicted octanol–water partition coefficient (Wildman–Crippen LogP) is 3.09. The van der Waals surface area contributed by atoms with E-state index >= 15 is 0 Å². The molecule has 1 aromatic carbocycles. The number of piperidine rings is 1. The van der Waals surface area contributed by atoms with Crippen LogP contribution in [-0.2, 0) is 10.0 Å². The minimum absolute atomic E-state index is 0.352. The Kier molecular flexibility index (Phi) is 5.73. The monoisotopic (exact) mass is 367 g/mol. The molecule has 2 aliphatic rings. The highest BCUT2D eigenvalue weighted by molar-refractivity contribution is 7.89. The maximum Gasteiger partial charge on any atom is 0.243 e. The molecular weight excluding hydrogens is 342 g/mol. The third-order valence-corrected chi connectivity index (χ3v) is 6.89. The molecule has 0 aromatic heterocycles. The van der Waals surface area contributed by atoms with E-state index < -0.39 is 10.0 Å². The van der Waals surface area contributed by atoms with Crippen LogP contribution in [0.25, 0.3) is 0 Å². The number of rotatable bonds is 4. The fraction of sp³-hybridized carbons (Fsp3) is 0.588. The lowest BCUT2D eigenvalue weighted by molar-refractivity contribution is 0.346. The van der Waals surface area contributed by atoms with Crippen LogP contribution in [0, 0.1) is 0 Å². The number of anilines is 1. The third-order valence-electron chi connectivity index (χ3n) is 4.76. The van der Waals surface area contributed by atoms with Crippen molar-refractivity contribution in [2.45, 2.75) is 55.9 Å². The standard InChI is InChI=1S/C17H25N3O2S2/c21-24(22,20-12-4-1-5-13-20)16-10-8-15(9-11-16)19-17(23)18-14-6-2-3-7-14/h8-11,14H,1-7,12-13H2,(H2,18,19,23). The Hall–Kier alpha value is -1.18. The third kappa shape index (κ3) is 4.26. The van der Waals surface area contributed by atoms with E-state index in [1.165, 1.54) is 12.8 Å². The van der Waals surface area contributed by atoms with E-state index in [0.717, 1.165) is 37.8 Å². The molecule has 1 aromatic rings. The summed E-state index contributed by atoms with van der Waals surface area (Å²) in [6.07, 6.45) is 7.83. The van der Waals surface area contributed by atoms with E-state index in [0.29, 0.717) is 29.1 Å². The van der Waals surface area contributed by atoms with Gasteiger partial charge in [-0.05, 0) is 62.2 Å². The van der Waals surface area contributed by atoms with Gasteiger partial charge in [-0.25, -0.2) is 8.42 Å². The number of hydrogen-bond acceptors (Lipinski definition) is 3. The summed E-state index contributed by atoms with van der Waals surface area (Å²) >= 11 is 5.33. The summed E-state index contributed by atoms with van der Waals surface area (Å²) in [4.78, 5) is 0.352. The van der Waals surface area contributed by atoms with Crippen molar-refractivity contribution in [2.24, 2.45) is 0 Å². The molecule has 0 amide bonds. The van der Waals surface area contributed by atoms with Crippen LogP contribution < -0.4 is 10.6 Å². The Morgan fingerprint density at radius 2 is 1.62 bits per heavy atom. The zero-order valence-corrected chi connectivity index (χ0v) is 15.5. The molecule has 132 valence electrons. The lowest BCUT2D eigenvalue weighted by atomic mass is 10.2. The average molecular weight is 368 g/mol. The minimum Gasteiger partial charge on any atom is -0.360 e. The molecule has 0 bridgehead atoms. The molecule has 2 N–H and O–H groups in total. The topological polar surface area (TPSA) is 61.4 Å². The van der Waals surface area contributed by atoms with Gasteiger partial charge in [0, 0.05) is 24.8 Å². The molecule has 2 fully saturated rings. The number of thiocarbonyl (C=S) groups is 1. The van der Waals surface area contributed by atoms with Gasteiger partial charge < -0.3 is 10.6 Å². The van der Waals surface area contributed by atoms with Gasteiger partial charge in [-0.3, -0.25) is 0 Å². The summed E-state index contributed by atoms with van der Waals surface area (Å²) in [5.74, 6) is 0. The van der Waals surface area contributed by atoms with E-state index in [9.17, 15) is 8.42 Å². The molecule has 0 radical (unpaired) electrons. The van der Waals surface area contributed by atoms with Crippen molar-refractivity contribution in [3.8, 4) is 0 Å². The summed E-state index contributed by atoms with van der Waals surface area (Å²) in [6, 6.07) is 7.33. The molecule has 1 aliphatic carbocycles. The second-order valence-electron chi connectivity index (χ2n) is 6.57. The van der Waals surface area contributed by atoms with E-state index in [1.807, 2.05) is 0 Å². The Morgan fingerprint density at radius 1 is 1.00 bits per heavy atom. The molecule has 0 spiro atoms. The van der Waals surface area contributed by atoms with Crippen LogP contribution in [0.3, 0.4) is 0 Å². The van der Waals surface area contributed by atoms with Crippen LogP contribution in [0.2, 0.25) is 0 Å². The number of hydrogen-bond donors (Lipinski definition) is 2. The number of nitrogens with one attached hydrogen (secondary N) is 2. The quantitative estimate of drug-likeness (QED) is 0.801. The molecule has 5 nitrogen and oxygen atoms in total. The zero-order valence-electron chi connectivity index (χ0n) is 13.8. The van der Waals surface area contributed by atoms with Gasteiger partial charge in [0.05, 0.1) is 4.90 Å². The van der Waals surface area contributed by atoms with Crippen LogP contribution >= 0.6 is 12.2 Å². The molecule has 24 heavy (non-hydrogen) atoms. The first-order chi connectivity index (χ1) is 11.6. The largest absolute Gasteiger partial charge is 0.360 e. The van der Waals surface area contributed by atoms with Crippen LogP contribution in [0.15, 0.2) is 29.2 Å². The van der Waals surface area contributed by atoms with Crippen LogP contribution in [-0.4, -0.2) is 37.0 Å². The lowest BCUT2D eigenvalue weighted by Gasteiger charge is -2.26. The molecule has 3 rings (SSSR count). The minimum atomic E-state index is -3.37. The fourth-order valence-corrected chi connectivity index (χ4v) is 5.19. The van der Waals surface area contributed by atoms with E-state index in [4.69, 9.17) is 12.2 Å². The maximum atomic E-state index is 12.6. The van der Waals surface area contributed by atoms with Gasteiger partial charge in [0.2, 0.25) is 10.0 Å². The van der Waals surface area contributed by atoms with Crippen molar-refractivity contribution in [3.63, 3.8) is 0 Å². The average Bonchev–Trinajstić information content (AvgIpc) is 3.09. The molecule has 1 aliphatic heterocycles. The second-order valence-corrected chi connectivity index (χ2v) is 8.92. The van der Waals surface area contributed by atoms with Gasteiger partial charge >= 0.3 is 0 Å². The van der Waals surface area contributed by atoms with Crippen LogP contribution in [0.4, 0.5) is 5.69 Å². The number of nitrogens with zero attached hydrogens (tertiary/aromatic N) is 1. The van der Waals surface area contributed by atoms with Crippen molar-refractivity contribution in [1.29, 1.82) is 0 Å². The lowest BCUT2D eigenvalue weighted by Crippen LogP contribution is -2.36. The summed E-state index contributed by atoms with van der Waals surface area (Å²) in [5, 5.41) is 7.06. The van der Waals surface area contributed by atoms with E-state index in [-0.39, 0.29) is 0 Å². The summed E-state index contributed by atoms with van der Waals surface area (Å²) in [6.45, 7) is 1.25. The Labute approximate surface area is 149 Å². The van der Waals surface area contributed by atoms with Crippen LogP contribution in [0.5, 0.6) is 0 Å². The van der Waals surface area contributed by atoms with Crippen molar-refractivity contribution in [3.05, 3.63) is 24.3 Å². The Morgan fingerprint density at radius 3 is 2.25 bits per heavy atom. The van der Waals surface area contributed by atoms with Crippen molar-refractivity contribution < 1.29 is 8.42 Å². The van der Waals surface area contributed by atoms with Gasteiger partial charge in [-0.1, -0.05) is 19.3 Å². The van der Waals surface area contributed by atoms with Gasteiger partial charge in [-0.2, -0.15) is 4.31 Å². The molecular formula is C17H25N3O2S2. The molecule has 1 saturated carbocycles. The van der Waals surface area contributed by atoms with Gasteiger partial charge in [0.15, 0.2) is 5.11 Å². The molecule has 1 saturated heterocycles. The molecule has 1 heterocycles. The van der Waals surface area contributed by atoms with Crippen LogP contribution in [0.1, 0.15) is 44.9 Å². The zero-order chi connectivity index (χ0) is 17.0. The van der Waals surface area contributed by atoms with E-state index in [1.54, 1.807) is 28.6 Å². The second kappa shape index (κ2) is 7.80. The van der Waals surface area contributed by atoms with Crippen molar-refractivity contribution in [1.82, 2.24) is 9.62 Å². The Bertz CT molecular complexity index is 662. The van der Waals surface area contributed by atoms with Crippen molar-refractivity contribution >= 4 is 33.0 Å². The smallest absolute Gasteiger partial charge is 0.243 e. The first kappa shape index (κ1) is 17.6.